The summed E-state index contributed by atoms with van der Waals surface area (Å²) in [5, 5.41) is 23.0. The maximum Gasteiger partial charge on any atom is 0.274 e. The molecule has 11 heteroatoms. The first kappa shape index (κ1) is 25.0. The van der Waals surface area contributed by atoms with Gasteiger partial charge in [0.05, 0.1) is 17.8 Å². The number of carbonyl (C=O) groups excluding carboxylic acids is 1. The number of amides is 1. The number of hydrogen-bond donors (Lipinski definition) is 1. The molecule has 1 atom stereocenters. The van der Waals surface area contributed by atoms with Gasteiger partial charge in [0.2, 0.25) is 5.91 Å². The Morgan fingerprint density at radius 2 is 1.91 bits per heavy atom. The number of hydrogen-bond acceptors (Lipinski definition) is 8. The number of carbonyl (C=O) groups is 1. The van der Waals surface area contributed by atoms with Crippen molar-refractivity contribution in [3.63, 3.8) is 0 Å². The van der Waals surface area contributed by atoms with Crippen molar-refractivity contribution in [1.29, 1.82) is 0 Å². The van der Waals surface area contributed by atoms with Crippen LogP contribution in [0.4, 0.5) is 11.4 Å². The zero-order valence-electron chi connectivity index (χ0n) is 19.6. The third-order valence-electron chi connectivity index (χ3n) is 4.95. The fourth-order valence-corrected chi connectivity index (χ4v) is 4.17. The van der Waals surface area contributed by atoms with Crippen LogP contribution in [0, 0.1) is 17.0 Å². The number of methoxy groups -OCH3 is 1. The van der Waals surface area contributed by atoms with Crippen LogP contribution >= 0.6 is 11.8 Å². The molecule has 0 aliphatic carbocycles. The number of nitrogens with one attached hydrogen (secondary N) is 1. The van der Waals surface area contributed by atoms with Crippen molar-refractivity contribution in [2.24, 2.45) is 0 Å². The van der Waals surface area contributed by atoms with Crippen LogP contribution < -0.4 is 14.8 Å². The normalized spacial score (nSPS) is 11.8. The van der Waals surface area contributed by atoms with Crippen molar-refractivity contribution in [3.05, 3.63) is 64.0 Å². The molecule has 10 nitrogen and oxygen atoms in total. The van der Waals surface area contributed by atoms with Crippen LogP contribution in [0.25, 0.3) is 0 Å². The van der Waals surface area contributed by atoms with E-state index in [0.29, 0.717) is 33.7 Å². The first-order chi connectivity index (χ1) is 16.2. The lowest BCUT2D eigenvalue weighted by Crippen LogP contribution is -2.16. The molecule has 1 unspecified atom stereocenters. The van der Waals surface area contributed by atoms with Gasteiger partial charge in [-0.2, -0.15) is 0 Å². The molecule has 0 radical (unpaired) electrons. The molecule has 1 aromatic heterocycles. The molecule has 0 bridgehead atoms. The van der Waals surface area contributed by atoms with Crippen LogP contribution in [-0.4, -0.2) is 38.5 Å². The van der Waals surface area contributed by atoms with Crippen LogP contribution in [0.15, 0.2) is 47.6 Å². The Hall–Kier alpha value is -3.60. The lowest BCUT2D eigenvalue weighted by molar-refractivity contribution is -0.385. The average molecular weight is 486 g/mol. The minimum Gasteiger partial charge on any atom is -0.497 e. The molecule has 180 valence electrons. The maximum atomic E-state index is 12.5. The molecule has 0 saturated heterocycles. The van der Waals surface area contributed by atoms with Crippen molar-refractivity contribution in [1.82, 2.24) is 14.8 Å². The van der Waals surface area contributed by atoms with E-state index in [0.717, 1.165) is 0 Å². The summed E-state index contributed by atoms with van der Waals surface area (Å²) >= 11 is 1.23. The predicted octanol–water partition coefficient (Wildman–Crippen LogP) is 4.96. The minimum absolute atomic E-state index is 0.0340. The number of nitro groups is 1. The van der Waals surface area contributed by atoms with Crippen LogP contribution in [0.5, 0.6) is 11.5 Å². The van der Waals surface area contributed by atoms with E-state index in [1.807, 2.05) is 43.5 Å². The quantitative estimate of drug-likeness (QED) is 0.243. The van der Waals surface area contributed by atoms with Crippen LogP contribution in [0.1, 0.15) is 44.3 Å². The third-order valence-corrected chi connectivity index (χ3v) is 5.89. The summed E-state index contributed by atoms with van der Waals surface area (Å²) in [6.07, 6.45) is -0.390. The second-order valence-corrected chi connectivity index (χ2v) is 8.78. The predicted molar refractivity (Wildman–Crippen MR) is 130 cm³/mol. The van der Waals surface area contributed by atoms with Crippen molar-refractivity contribution >= 4 is 29.0 Å². The SMILES string of the molecule is COc1cccc(OC(C)c2nnc(SCC(=O)Nc3ccc(C)c([N+](=O)[O-])c3)n2C(C)C)c1. The highest BCUT2D eigenvalue weighted by atomic mass is 32.2. The number of thioether (sulfide) groups is 1. The molecule has 2 aromatic carbocycles. The molecular formula is C23H27N5O5S. The average Bonchev–Trinajstić information content (AvgIpc) is 3.23. The number of nitrogens with zero attached hydrogens (tertiary/aromatic N) is 4. The van der Waals surface area contributed by atoms with Crippen LogP contribution in [0.3, 0.4) is 0 Å². The van der Waals surface area contributed by atoms with Gasteiger partial charge in [0.1, 0.15) is 11.5 Å². The van der Waals surface area contributed by atoms with E-state index >= 15 is 0 Å². The van der Waals surface area contributed by atoms with Gasteiger partial charge in [0.15, 0.2) is 17.1 Å². The number of aryl methyl sites for hydroxylation is 1. The summed E-state index contributed by atoms with van der Waals surface area (Å²) in [5.74, 6) is 1.73. The van der Waals surface area contributed by atoms with Crippen molar-refractivity contribution in [2.75, 3.05) is 18.2 Å². The van der Waals surface area contributed by atoms with Crippen molar-refractivity contribution < 1.29 is 19.2 Å². The number of ether oxygens (including phenoxy) is 2. The molecular weight excluding hydrogens is 458 g/mol. The highest BCUT2D eigenvalue weighted by molar-refractivity contribution is 7.99. The molecule has 0 fully saturated rings. The fraction of sp³-hybridized carbons (Fsp3) is 0.348. The summed E-state index contributed by atoms with van der Waals surface area (Å²) in [6.45, 7) is 7.53. The number of benzene rings is 2. The van der Waals surface area contributed by atoms with E-state index in [2.05, 4.69) is 15.5 Å². The number of anilines is 1. The Bertz CT molecular complexity index is 1180. The fourth-order valence-electron chi connectivity index (χ4n) is 3.29. The zero-order valence-corrected chi connectivity index (χ0v) is 20.5. The van der Waals surface area contributed by atoms with E-state index < -0.39 is 11.0 Å². The lowest BCUT2D eigenvalue weighted by atomic mass is 10.2. The van der Waals surface area contributed by atoms with E-state index in [1.54, 1.807) is 32.2 Å². The smallest absolute Gasteiger partial charge is 0.274 e. The second-order valence-electron chi connectivity index (χ2n) is 7.84. The molecule has 0 aliphatic rings. The van der Waals surface area contributed by atoms with E-state index in [1.165, 1.54) is 17.8 Å². The second kappa shape index (κ2) is 11.0. The molecule has 1 N–H and O–H groups in total. The summed E-state index contributed by atoms with van der Waals surface area (Å²) in [5.41, 5.74) is 0.856. The van der Waals surface area contributed by atoms with E-state index in [-0.39, 0.29) is 23.4 Å². The van der Waals surface area contributed by atoms with Gasteiger partial charge in [-0.25, -0.2) is 0 Å². The van der Waals surface area contributed by atoms with Crippen LogP contribution in [0.2, 0.25) is 0 Å². The molecule has 0 saturated carbocycles. The zero-order chi connectivity index (χ0) is 24.8. The largest absolute Gasteiger partial charge is 0.497 e. The molecule has 0 aliphatic heterocycles. The first-order valence-corrected chi connectivity index (χ1v) is 11.6. The van der Waals surface area contributed by atoms with Crippen molar-refractivity contribution in [3.8, 4) is 11.5 Å². The summed E-state index contributed by atoms with van der Waals surface area (Å²) in [4.78, 5) is 23.1. The van der Waals surface area contributed by atoms with E-state index in [9.17, 15) is 14.9 Å². The van der Waals surface area contributed by atoms with Gasteiger partial charge in [0, 0.05) is 29.4 Å². The van der Waals surface area contributed by atoms with Gasteiger partial charge >= 0.3 is 0 Å². The topological polar surface area (TPSA) is 121 Å². The highest BCUT2D eigenvalue weighted by Gasteiger charge is 2.22. The van der Waals surface area contributed by atoms with Gasteiger partial charge in [0.25, 0.3) is 5.69 Å². The molecule has 1 amide bonds. The molecule has 1 heterocycles. The Balaban J connectivity index is 1.69. The molecule has 0 spiro atoms. The lowest BCUT2D eigenvalue weighted by Gasteiger charge is -2.19. The molecule has 3 rings (SSSR count). The van der Waals surface area contributed by atoms with Crippen molar-refractivity contribution in [2.45, 2.75) is 45.0 Å². The van der Waals surface area contributed by atoms with Gasteiger partial charge in [-0.15, -0.1) is 10.2 Å². The molecule has 3 aromatic rings. The Kier molecular flexibility index (Phi) is 8.11. The third kappa shape index (κ3) is 6.04. The Morgan fingerprint density at radius 1 is 1.18 bits per heavy atom. The van der Waals surface area contributed by atoms with Gasteiger partial charge in [-0.05, 0) is 45.9 Å². The summed E-state index contributed by atoms with van der Waals surface area (Å²) < 4.78 is 13.2. The Morgan fingerprint density at radius 3 is 2.59 bits per heavy atom. The first-order valence-electron chi connectivity index (χ1n) is 10.6. The van der Waals surface area contributed by atoms with Crippen LogP contribution in [-0.2, 0) is 4.79 Å². The monoisotopic (exact) mass is 485 g/mol. The van der Waals surface area contributed by atoms with E-state index in [4.69, 9.17) is 9.47 Å². The highest BCUT2D eigenvalue weighted by Crippen LogP contribution is 2.29. The van der Waals surface area contributed by atoms with Gasteiger partial charge in [-0.3, -0.25) is 14.9 Å². The number of aromatic nitrogens is 3. The Labute approximate surface area is 201 Å². The standard InChI is InChI=1S/C23H27N5O5S/c1-14(2)27-22(16(4)33-19-8-6-7-18(12-19)32-5)25-26-23(27)34-13-21(29)24-17-10-9-15(3)20(11-17)28(30)31/h6-12,14,16H,13H2,1-5H3,(H,24,29). The van der Waals surface area contributed by atoms with Gasteiger partial charge < -0.3 is 19.4 Å². The number of nitro benzene ring substituents is 1. The summed E-state index contributed by atoms with van der Waals surface area (Å²) in [7, 11) is 1.59. The maximum absolute atomic E-state index is 12.5. The number of rotatable bonds is 10. The molecule has 34 heavy (non-hydrogen) atoms. The minimum atomic E-state index is -0.471. The van der Waals surface area contributed by atoms with Gasteiger partial charge in [-0.1, -0.05) is 23.9 Å². The summed E-state index contributed by atoms with van der Waals surface area (Å²) in [6, 6.07) is 11.9.